The Morgan fingerprint density at radius 2 is 1.67 bits per heavy atom. The zero-order chi connectivity index (χ0) is 21.9. The molecule has 1 heterocycles. The number of nitrogens with one attached hydrogen (secondary N) is 1. The van der Waals surface area contributed by atoms with Crippen molar-refractivity contribution in [2.45, 2.75) is 24.8 Å². The number of likely N-dealkylation sites (N-methyl/N-ethyl adjacent to an activating group) is 1. The molecule has 1 amide bonds. The molecule has 3 rings (SSSR count). The first kappa shape index (κ1) is 22.4. The number of carbonyl (C=O) groups is 1. The van der Waals surface area contributed by atoms with E-state index in [0.717, 1.165) is 5.56 Å². The van der Waals surface area contributed by atoms with Crippen LogP contribution in [0.2, 0.25) is 0 Å². The van der Waals surface area contributed by atoms with Gasteiger partial charge in [0, 0.05) is 31.7 Å². The lowest BCUT2D eigenvalue weighted by Gasteiger charge is -2.31. The number of benzene rings is 2. The number of carbonyl (C=O) groups excluding carboxylic acids is 1. The molecule has 0 spiro atoms. The van der Waals surface area contributed by atoms with E-state index in [9.17, 15) is 17.6 Å². The molecule has 2 aromatic rings. The van der Waals surface area contributed by atoms with Crippen LogP contribution < -0.4 is 5.32 Å². The summed E-state index contributed by atoms with van der Waals surface area (Å²) in [7, 11) is -1.70. The van der Waals surface area contributed by atoms with Crippen LogP contribution in [0.25, 0.3) is 0 Å². The van der Waals surface area contributed by atoms with Crippen molar-refractivity contribution in [1.29, 1.82) is 0 Å². The first-order chi connectivity index (χ1) is 14.2. The predicted octanol–water partition coefficient (Wildman–Crippen LogP) is 2.89. The van der Waals surface area contributed by atoms with Gasteiger partial charge in [-0.2, -0.15) is 4.31 Å². The summed E-state index contributed by atoms with van der Waals surface area (Å²) in [5.74, 6) is -0.639. The highest BCUT2D eigenvalue weighted by atomic mass is 32.2. The molecule has 6 nitrogen and oxygen atoms in total. The minimum atomic E-state index is -3.66. The Hall–Kier alpha value is -2.29. The lowest BCUT2D eigenvalue weighted by atomic mass is 9.95. The zero-order valence-electron chi connectivity index (χ0n) is 17.5. The largest absolute Gasteiger partial charge is 0.345 e. The average molecular weight is 434 g/mol. The van der Waals surface area contributed by atoms with E-state index in [1.54, 1.807) is 24.3 Å². The van der Waals surface area contributed by atoms with Gasteiger partial charge in [0.2, 0.25) is 10.0 Å². The van der Waals surface area contributed by atoms with Crippen LogP contribution >= 0.6 is 0 Å². The van der Waals surface area contributed by atoms with Gasteiger partial charge in [-0.3, -0.25) is 4.79 Å². The molecule has 30 heavy (non-hydrogen) atoms. The average Bonchev–Trinajstić information content (AvgIpc) is 2.73. The van der Waals surface area contributed by atoms with Gasteiger partial charge in [0.1, 0.15) is 5.82 Å². The standard InChI is InChI=1S/C22H28FN3O3S/c1-16(2)21(17-7-9-19(23)10-8-17)24-22(27)18-5-4-6-20(15-18)30(28,29)26-13-11-25(3)12-14-26/h4-10,15-16,21H,11-14H2,1-3H3,(H,24,27)/t21-/m0/s1. The molecular formula is C22H28FN3O3S. The summed E-state index contributed by atoms with van der Waals surface area (Å²) >= 11 is 0. The maximum absolute atomic E-state index is 13.3. The quantitative estimate of drug-likeness (QED) is 0.761. The van der Waals surface area contributed by atoms with E-state index in [1.807, 2.05) is 20.9 Å². The number of rotatable bonds is 6. The van der Waals surface area contributed by atoms with Gasteiger partial charge in [0.05, 0.1) is 10.9 Å². The second-order valence-electron chi connectivity index (χ2n) is 7.98. The summed E-state index contributed by atoms with van der Waals surface area (Å²) in [6, 6.07) is 11.8. The molecule has 1 aliphatic rings. The van der Waals surface area contributed by atoms with E-state index in [-0.39, 0.29) is 34.1 Å². The van der Waals surface area contributed by atoms with Gasteiger partial charge in [0.25, 0.3) is 5.91 Å². The Bertz CT molecular complexity index is 985. The van der Waals surface area contributed by atoms with Crippen molar-refractivity contribution in [3.8, 4) is 0 Å². The highest BCUT2D eigenvalue weighted by Crippen LogP contribution is 2.24. The number of sulfonamides is 1. The highest BCUT2D eigenvalue weighted by Gasteiger charge is 2.28. The van der Waals surface area contributed by atoms with Crippen molar-refractivity contribution in [2.75, 3.05) is 33.2 Å². The van der Waals surface area contributed by atoms with Crippen molar-refractivity contribution in [2.24, 2.45) is 5.92 Å². The minimum Gasteiger partial charge on any atom is -0.345 e. The van der Waals surface area contributed by atoms with Crippen LogP contribution in [0.5, 0.6) is 0 Å². The predicted molar refractivity (Wildman–Crippen MR) is 114 cm³/mol. The fourth-order valence-electron chi connectivity index (χ4n) is 3.50. The first-order valence-corrected chi connectivity index (χ1v) is 11.5. The molecular weight excluding hydrogens is 405 g/mol. The summed E-state index contributed by atoms with van der Waals surface area (Å²) in [5.41, 5.74) is 1.07. The minimum absolute atomic E-state index is 0.0664. The van der Waals surface area contributed by atoms with E-state index in [4.69, 9.17) is 0 Å². The molecule has 1 aliphatic heterocycles. The first-order valence-electron chi connectivity index (χ1n) is 10.0. The fourth-order valence-corrected chi connectivity index (χ4v) is 4.97. The summed E-state index contributed by atoms with van der Waals surface area (Å²) in [4.78, 5) is 15.1. The van der Waals surface area contributed by atoms with Crippen LogP contribution in [0.1, 0.15) is 35.8 Å². The SMILES string of the molecule is CC(C)[C@H](NC(=O)c1cccc(S(=O)(=O)N2CCN(C)CC2)c1)c1ccc(F)cc1. The van der Waals surface area contributed by atoms with E-state index < -0.39 is 10.0 Å². The summed E-state index contributed by atoms with van der Waals surface area (Å²) < 4.78 is 40.7. The zero-order valence-corrected chi connectivity index (χ0v) is 18.3. The highest BCUT2D eigenvalue weighted by molar-refractivity contribution is 7.89. The van der Waals surface area contributed by atoms with Gasteiger partial charge in [-0.25, -0.2) is 12.8 Å². The lowest BCUT2D eigenvalue weighted by molar-refractivity contribution is 0.0925. The monoisotopic (exact) mass is 433 g/mol. The lowest BCUT2D eigenvalue weighted by Crippen LogP contribution is -2.47. The molecule has 0 aliphatic carbocycles. The maximum Gasteiger partial charge on any atom is 0.251 e. The second kappa shape index (κ2) is 9.24. The smallest absolute Gasteiger partial charge is 0.251 e. The molecule has 8 heteroatoms. The Labute approximate surface area is 177 Å². The van der Waals surface area contributed by atoms with Crippen molar-refractivity contribution in [3.05, 3.63) is 65.5 Å². The molecule has 0 aromatic heterocycles. The van der Waals surface area contributed by atoms with E-state index >= 15 is 0 Å². The van der Waals surface area contributed by atoms with Crippen LogP contribution in [-0.2, 0) is 10.0 Å². The molecule has 1 saturated heterocycles. The molecule has 0 bridgehead atoms. The number of piperazine rings is 1. The molecule has 0 unspecified atom stereocenters. The summed E-state index contributed by atoms with van der Waals surface area (Å²) in [6.45, 7) is 6.12. The van der Waals surface area contributed by atoms with Crippen molar-refractivity contribution in [3.63, 3.8) is 0 Å². The van der Waals surface area contributed by atoms with Crippen LogP contribution in [0, 0.1) is 11.7 Å². The molecule has 1 fully saturated rings. The number of hydrogen-bond donors (Lipinski definition) is 1. The van der Waals surface area contributed by atoms with Crippen molar-refractivity contribution >= 4 is 15.9 Å². The Kier molecular flexibility index (Phi) is 6.90. The van der Waals surface area contributed by atoms with Crippen LogP contribution in [0.3, 0.4) is 0 Å². The normalized spacial score (nSPS) is 17.1. The number of halogens is 1. The molecule has 0 saturated carbocycles. The van der Waals surface area contributed by atoms with Crippen molar-refractivity contribution in [1.82, 2.24) is 14.5 Å². The van der Waals surface area contributed by atoms with Gasteiger partial charge < -0.3 is 10.2 Å². The number of amides is 1. The molecule has 1 N–H and O–H groups in total. The summed E-state index contributed by atoms with van der Waals surface area (Å²) in [6.07, 6.45) is 0. The third-order valence-corrected chi connectivity index (χ3v) is 7.27. The third-order valence-electron chi connectivity index (χ3n) is 5.38. The third kappa shape index (κ3) is 5.06. The van der Waals surface area contributed by atoms with Gasteiger partial charge in [-0.15, -0.1) is 0 Å². The van der Waals surface area contributed by atoms with Gasteiger partial charge in [-0.05, 0) is 48.9 Å². The van der Waals surface area contributed by atoms with Crippen LogP contribution in [0.4, 0.5) is 4.39 Å². The Balaban J connectivity index is 1.80. The number of hydrogen-bond acceptors (Lipinski definition) is 4. The molecule has 162 valence electrons. The van der Waals surface area contributed by atoms with E-state index in [0.29, 0.717) is 26.2 Å². The molecule has 2 aromatic carbocycles. The topological polar surface area (TPSA) is 69.7 Å². The van der Waals surface area contributed by atoms with Crippen LogP contribution in [-0.4, -0.2) is 56.8 Å². The maximum atomic E-state index is 13.3. The van der Waals surface area contributed by atoms with E-state index in [2.05, 4.69) is 10.2 Å². The fraction of sp³-hybridized carbons (Fsp3) is 0.409. The molecule has 1 atom stereocenters. The van der Waals surface area contributed by atoms with Gasteiger partial charge in [-0.1, -0.05) is 32.0 Å². The Morgan fingerprint density at radius 3 is 2.27 bits per heavy atom. The van der Waals surface area contributed by atoms with Crippen molar-refractivity contribution < 1.29 is 17.6 Å². The second-order valence-corrected chi connectivity index (χ2v) is 9.92. The molecule has 0 radical (unpaired) electrons. The Morgan fingerprint density at radius 1 is 1.03 bits per heavy atom. The number of nitrogens with zero attached hydrogens (tertiary/aromatic N) is 2. The van der Waals surface area contributed by atoms with E-state index in [1.165, 1.54) is 28.6 Å². The van der Waals surface area contributed by atoms with Crippen LogP contribution in [0.15, 0.2) is 53.4 Å². The summed E-state index contributed by atoms with van der Waals surface area (Å²) in [5, 5.41) is 2.96. The van der Waals surface area contributed by atoms with Gasteiger partial charge in [0.15, 0.2) is 0 Å². The van der Waals surface area contributed by atoms with Gasteiger partial charge >= 0.3 is 0 Å².